The van der Waals surface area contributed by atoms with E-state index in [1.807, 2.05) is 0 Å². The van der Waals surface area contributed by atoms with Gasteiger partial charge in [0.1, 0.15) is 0 Å². The van der Waals surface area contributed by atoms with Gasteiger partial charge in [-0.25, -0.2) is 0 Å². The van der Waals surface area contributed by atoms with Crippen molar-refractivity contribution >= 4 is 38.9 Å². The van der Waals surface area contributed by atoms with Crippen LogP contribution in [0.3, 0.4) is 0 Å². The standard InChI is InChI=1S/C18H13BrClF3O/c1-10-5-13(8-14(20)6-10)15(18(21,22)23)9-17(24)12-3-4-16(19)11(2)7-12/h3-9H,1-2H3. The third kappa shape index (κ3) is 4.48. The van der Waals surface area contributed by atoms with Crippen molar-refractivity contribution in [2.24, 2.45) is 0 Å². The van der Waals surface area contributed by atoms with Gasteiger partial charge >= 0.3 is 6.18 Å². The second-order valence-electron chi connectivity index (χ2n) is 5.40. The van der Waals surface area contributed by atoms with E-state index >= 15 is 0 Å². The molecule has 0 atom stereocenters. The molecule has 6 heteroatoms. The van der Waals surface area contributed by atoms with Crippen LogP contribution in [0.4, 0.5) is 13.2 Å². The van der Waals surface area contributed by atoms with Crippen molar-refractivity contribution in [1.82, 2.24) is 0 Å². The molecule has 2 aromatic carbocycles. The average molecular weight is 418 g/mol. The zero-order valence-corrected chi connectivity index (χ0v) is 15.2. The maximum Gasteiger partial charge on any atom is 0.417 e. The molecule has 0 amide bonds. The Morgan fingerprint density at radius 1 is 1.08 bits per heavy atom. The van der Waals surface area contributed by atoms with Gasteiger partial charge in [0.25, 0.3) is 0 Å². The van der Waals surface area contributed by atoms with Crippen molar-refractivity contribution in [3.63, 3.8) is 0 Å². The van der Waals surface area contributed by atoms with Gasteiger partial charge in [0.05, 0.1) is 5.57 Å². The molecule has 1 nitrogen and oxygen atoms in total. The van der Waals surface area contributed by atoms with Gasteiger partial charge in [0.2, 0.25) is 0 Å². The fourth-order valence-corrected chi connectivity index (χ4v) is 2.77. The lowest BCUT2D eigenvalue weighted by Crippen LogP contribution is -2.13. The first-order valence-corrected chi connectivity index (χ1v) is 8.12. The smallest absolute Gasteiger partial charge is 0.289 e. The molecule has 2 aromatic rings. The van der Waals surface area contributed by atoms with E-state index in [-0.39, 0.29) is 16.1 Å². The molecule has 0 unspecified atom stereocenters. The number of hydrogen-bond donors (Lipinski definition) is 0. The van der Waals surface area contributed by atoms with Crippen molar-refractivity contribution in [3.05, 3.63) is 74.2 Å². The fourth-order valence-electron chi connectivity index (χ4n) is 2.23. The van der Waals surface area contributed by atoms with Crippen LogP contribution in [-0.2, 0) is 0 Å². The molecule has 0 aliphatic heterocycles. The zero-order valence-electron chi connectivity index (χ0n) is 12.8. The van der Waals surface area contributed by atoms with E-state index in [1.165, 1.54) is 18.2 Å². The van der Waals surface area contributed by atoms with Crippen molar-refractivity contribution in [2.75, 3.05) is 0 Å². The SMILES string of the molecule is Cc1cc(Cl)cc(C(=CC(=O)c2ccc(Br)c(C)c2)C(F)(F)F)c1. The van der Waals surface area contributed by atoms with Gasteiger partial charge in [-0.1, -0.05) is 33.6 Å². The van der Waals surface area contributed by atoms with Crippen molar-refractivity contribution in [3.8, 4) is 0 Å². The zero-order chi connectivity index (χ0) is 18.1. The monoisotopic (exact) mass is 416 g/mol. The quantitative estimate of drug-likeness (QED) is 0.409. The summed E-state index contributed by atoms with van der Waals surface area (Å²) in [6.07, 6.45) is -4.05. The van der Waals surface area contributed by atoms with Crippen LogP contribution in [-0.4, -0.2) is 12.0 Å². The van der Waals surface area contributed by atoms with Crippen molar-refractivity contribution < 1.29 is 18.0 Å². The lowest BCUT2D eigenvalue weighted by molar-refractivity contribution is -0.0689. The van der Waals surface area contributed by atoms with Crippen LogP contribution in [0.2, 0.25) is 5.02 Å². The van der Waals surface area contributed by atoms with Crippen molar-refractivity contribution in [2.45, 2.75) is 20.0 Å². The number of aryl methyl sites for hydroxylation is 2. The molecule has 0 aromatic heterocycles. The Hall–Kier alpha value is -1.59. The summed E-state index contributed by atoms with van der Waals surface area (Å²) in [5.74, 6) is -0.712. The topological polar surface area (TPSA) is 17.1 Å². The molecular weight excluding hydrogens is 405 g/mol. The van der Waals surface area contributed by atoms with E-state index < -0.39 is 17.5 Å². The Kier molecular flexibility index (Phi) is 5.56. The van der Waals surface area contributed by atoms with Crippen LogP contribution in [0, 0.1) is 13.8 Å². The summed E-state index contributed by atoms with van der Waals surface area (Å²) in [7, 11) is 0. The first kappa shape index (κ1) is 18.7. The minimum absolute atomic E-state index is 0.130. The van der Waals surface area contributed by atoms with E-state index in [2.05, 4.69) is 15.9 Å². The Morgan fingerprint density at radius 2 is 1.75 bits per heavy atom. The summed E-state index contributed by atoms with van der Waals surface area (Å²) in [4.78, 5) is 12.3. The second-order valence-corrected chi connectivity index (χ2v) is 6.69. The second kappa shape index (κ2) is 7.11. The Labute approximate surface area is 151 Å². The van der Waals surface area contributed by atoms with Crippen LogP contribution < -0.4 is 0 Å². The van der Waals surface area contributed by atoms with E-state index in [0.717, 1.165) is 10.0 Å². The summed E-state index contributed by atoms with van der Waals surface area (Å²) in [5, 5.41) is 0.187. The van der Waals surface area contributed by atoms with E-state index in [9.17, 15) is 18.0 Å². The van der Waals surface area contributed by atoms with Crippen LogP contribution in [0.15, 0.2) is 46.9 Å². The van der Waals surface area contributed by atoms with Gasteiger partial charge in [0.15, 0.2) is 5.78 Å². The molecule has 2 rings (SSSR count). The number of allylic oxidation sites excluding steroid dienone is 2. The molecule has 0 bridgehead atoms. The molecule has 0 aliphatic carbocycles. The molecule has 0 aliphatic rings. The molecule has 0 heterocycles. The molecule has 0 N–H and O–H groups in total. The predicted octanol–water partition coefficient (Wildman–Crippen LogP) is 6.55. The number of rotatable bonds is 3. The van der Waals surface area contributed by atoms with E-state index in [4.69, 9.17) is 11.6 Å². The first-order chi connectivity index (χ1) is 11.1. The van der Waals surface area contributed by atoms with Gasteiger partial charge in [0, 0.05) is 15.1 Å². The number of halogens is 5. The minimum Gasteiger partial charge on any atom is -0.289 e. The van der Waals surface area contributed by atoms with Gasteiger partial charge < -0.3 is 0 Å². The van der Waals surface area contributed by atoms with Crippen LogP contribution in [0.25, 0.3) is 5.57 Å². The summed E-state index contributed by atoms with van der Waals surface area (Å²) >= 11 is 9.14. The molecule has 126 valence electrons. The molecule has 0 radical (unpaired) electrons. The molecule has 0 fully saturated rings. The third-order valence-corrected chi connectivity index (χ3v) is 4.48. The van der Waals surface area contributed by atoms with Crippen molar-refractivity contribution in [1.29, 1.82) is 0 Å². The van der Waals surface area contributed by atoms with Gasteiger partial charge in [-0.2, -0.15) is 13.2 Å². The minimum atomic E-state index is -4.67. The lowest BCUT2D eigenvalue weighted by Gasteiger charge is -2.13. The predicted molar refractivity (Wildman–Crippen MR) is 93.4 cm³/mol. The Bertz CT molecular complexity index is 805. The lowest BCUT2D eigenvalue weighted by atomic mass is 9.99. The third-order valence-electron chi connectivity index (χ3n) is 3.38. The molecule has 0 saturated carbocycles. The van der Waals surface area contributed by atoms with Gasteiger partial charge in [-0.3, -0.25) is 4.79 Å². The van der Waals surface area contributed by atoms with Crippen LogP contribution in [0.5, 0.6) is 0 Å². The molecule has 0 spiro atoms. The van der Waals surface area contributed by atoms with Crippen LogP contribution >= 0.6 is 27.5 Å². The highest BCUT2D eigenvalue weighted by atomic mass is 79.9. The Morgan fingerprint density at radius 3 is 2.29 bits per heavy atom. The number of benzene rings is 2. The maximum atomic E-state index is 13.4. The fraction of sp³-hybridized carbons (Fsp3) is 0.167. The number of hydrogen-bond acceptors (Lipinski definition) is 1. The van der Waals surface area contributed by atoms with E-state index in [1.54, 1.807) is 32.0 Å². The highest BCUT2D eigenvalue weighted by molar-refractivity contribution is 9.10. The van der Waals surface area contributed by atoms with E-state index in [0.29, 0.717) is 11.6 Å². The number of alkyl halides is 3. The van der Waals surface area contributed by atoms with Gasteiger partial charge in [-0.15, -0.1) is 0 Å². The highest BCUT2D eigenvalue weighted by Gasteiger charge is 2.35. The maximum absolute atomic E-state index is 13.4. The summed E-state index contributed by atoms with van der Waals surface area (Å²) in [6, 6.07) is 8.76. The molecule has 24 heavy (non-hydrogen) atoms. The van der Waals surface area contributed by atoms with Crippen LogP contribution in [0.1, 0.15) is 27.0 Å². The molecule has 0 saturated heterocycles. The normalized spacial score (nSPS) is 12.4. The number of carbonyl (C=O) groups is 1. The highest BCUT2D eigenvalue weighted by Crippen LogP contribution is 2.35. The summed E-state index contributed by atoms with van der Waals surface area (Å²) in [5.41, 5.74) is 0.394. The number of carbonyl (C=O) groups excluding carboxylic acids is 1. The summed E-state index contributed by atoms with van der Waals surface area (Å²) in [6.45, 7) is 3.40. The average Bonchev–Trinajstić information content (AvgIpc) is 2.45. The number of ketones is 1. The van der Waals surface area contributed by atoms with Gasteiger partial charge in [-0.05, 0) is 66.9 Å². The first-order valence-electron chi connectivity index (χ1n) is 6.95. The molecular formula is C18H13BrClF3O. The Balaban J connectivity index is 2.53. The summed E-state index contributed by atoms with van der Waals surface area (Å²) < 4.78 is 41.0. The largest absolute Gasteiger partial charge is 0.417 e.